The van der Waals surface area contributed by atoms with Crippen molar-refractivity contribution in [2.75, 3.05) is 6.54 Å². The number of carbonyl (C=O) groups excluding carboxylic acids is 1. The summed E-state index contributed by atoms with van der Waals surface area (Å²) in [5.74, 6) is -3.33. The van der Waals surface area contributed by atoms with Gasteiger partial charge in [0, 0.05) is 18.7 Å². The molecule has 3 aromatic heterocycles. The molecule has 0 unspecified atom stereocenters. The first-order valence-corrected chi connectivity index (χ1v) is 10.1. The molecule has 172 valence electrons. The molecule has 0 fully saturated rings. The molecule has 1 aromatic carbocycles. The predicted molar refractivity (Wildman–Crippen MR) is 107 cm³/mol. The summed E-state index contributed by atoms with van der Waals surface area (Å²) < 4.78 is 67.9. The number of para-hydroxylation sites is 1. The van der Waals surface area contributed by atoms with E-state index >= 15 is 4.39 Å². The minimum absolute atomic E-state index is 0.0207. The number of amides is 1. The highest BCUT2D eigenvalue weighted by atomic mass is 19.3. The van der Waals surface area contributed by atoms with E-state index in [9.17, 15) is 18.0 Å². The molecule has 4 heterocycles. The number of alkyl halides is 3. The van der Waals surface area contributed by atoms with Crippen LogP contribution < -0.4 is 0 Å². The summed E-state index contributed by atoms with van der Waals surface area (Å²) in [6.07, 6.45) is -1.48. The molecule has 5 rings (SSSR count). The van der Waals surface area contributed by atoms with Crippen molar-refractivity contribution in [1.82, 2.24) is 19.9 Å². The van der Waals surface area contributed by atoms with E-state index in [2.05, 4.69) is 15.0 Å². The Labute approximate surface area is 184 Å². The molecule has 1 amide bonds. The number of rotatable bonds is 4. The summed E-state index contributed by atoms with van der Waals surface area (Å²) in [6, 6.07) is 5.25. The Morgan fingerprint density at radius 2 is 2.03 bits per heavy atom. The smallest absolute Gasteiger partial charge is 0.292 e. The number of carbonyl (C=O) groups is 1. The first-order chi connectivity index (χ1) is 15.7. The van der Waals surface area contributed by atoms with Crippen molar-refractivity contribution in [2.45, 2.75) is 38.4 Å². The summed E-state index contributed by atoms with van der Waals surface area (Å²) in [5, 5.41) is 0.206. The number of imidazole rings is 1. The summed E-state index contributed by atoms with van der Waals surface area (Å²) in [7, 11) is 0. The van der Waals surface area contributed by atoms with Crippen molar-refractivity contribution in [3.8, 4) is 0 Å². The van der Waals surface area contributed by atoms with Gasteiger partial charge in [-0.25, -0.2) is 27.5 Å². The molecule has 0 radical (unpaired) electrons. The molecular formula is C22H18F4N4O3. The number of oxazole rings is 1. The van der Waals surface area contributed by atoms with Gasteiger partial charge in [-0.2, -0.15) is 0 Å². The fourth-order valence-electron chi connectivity index (χ4n) is 3.99. The monoisotopic (exact) mass is 462 g/mol. The zero-order valence-electron chi connectivity index (χ0n) is 17.5. The van der Waals surface area contributed by atoms with Crippen molar-refractivity contribution >= 4 is 16.9 Å². The number of fused-ring (bicyclic) bond motifs is 2. The minimum Gasteiger partial charge on any atom is -0.455 e. The molecule has 0 aliphatic carbocycles. The summed E-state index contributed by atoms with van der Waals surface area (Å²) >= 11 is 0. The van der Waals surface area contributed by atoms with Crippen LogP contribution in [0, 0.1) is 5.82 Å². The van der Waals surface area contributed by atoms with Crippen LogP contribution in [0.3, 0.4) is 0 Å². The van der Waals surface area contributed by atoms with E-state index in [1.54, 1.807) is 18.2 Å². The van der Waals surface area contributed by atoms with E-state index < -0.39 is 47.2 Å². The fourth-order valence-corrected chi connectivity index (χ4v) is 3.99. The predicted octanol–water partition coefficient (Wildman–Crippen LogP) is 5.21. The number of hydrogen-bond donors (Lipinski definition) is 1. The highest BCUT2D eigenvalue weighted by molar-refractivity contribution is 5.93. The van der Waals surface area contributed by atoms with Crippen LogP contribution in [-0.2, 0) is 12.1 Å². The van der Waals surface area contributed by atoms with Gasteiger partial charge in [0.15, 0.2) is 22.9 Å². The average molecular weight is 462 g/mol. The van der Waals surface area contributed by atoms with Gasteiger partial charge in [0.1, 0.15) is 11.6 Å². The summed E-state index contributed by atoms with van der Waals surface area (Å²) in [5.41, 5.74) is -1.94. The molecule has 0 bridgehead atoms. The Balaban J connectivity index is 1.65. The molecule has 11 heteroatoms. The maximum atomic E-state index is 15.3. The number of furan rings is 1. The van der Waals surface area contributed by atoms with Gasteiger partial charge in [-0.3, -0.25) is 4.79 Å². The Morgan fingerprint density at radius 1 is 1.27 bits per heavy atom. The number of nitrogens with zero attached hydrogens (tertiary/aromatic N) is 3. The van der Waals surface area contributed by atoms with Crippen molar-refractivity contribution in [3.05, 3.63) is 70.9 Å². The molecule has 1 atom stereocenters. The van der Waals surface area contributed by atoms with Crippen molar-refractivity contribution in [3.63, 3.8) is 0 Å². The van der Waals surface area contributed by atoms with Gasteiger partial charge in [-0.05, 0) is 26.0 Å². The third-order valence-corrected chi connectivity index (χ3v) is 5.56. The van der Waals surface area contributed by atoms with Crippen LogP contribution in [0.1, 0.15) is 65.6 Å². The van der Waals surface area contributed by atoms with E-state index in [1.165, 1.54) is 12.4 Å². The first-order valence-electron chi connectivity index (χ1n) is 10.1. The topological polar surface area (TPSA) is 88.2 Å². The zero-order valence-corrected chi connectivity index (χ0v) is 17.5. The number of halogens is 4. The van der Waals surface area contributed by atoms with E-state index in [0.29, 0.717) is 17.8 Å². The summed E-state index contributed by atoms with van der Waals surface area (Å²) in [6.45, 7) is 2.17. The van der Waals surface area contributed by atoms with Gasteiger partial charge < -0.3 is 18.7 Å². The number of H-pyrrole nitrogens is 1. The van der Waals surface area contributed by atoms with E-state index in [4.69, 9.17) is 8.83 Å². The second-order valence-corrected chi connectivity index (χ2v) is 8.20. The lowest BCUT2D eigenvalue weighted by Gasteiger charge is -2.33. The number of benzene rings is 1. The highest BCUT2D eigenvalue weighted by Crippen LogP contribution is 2.40. The lowest BCUT2D eigenvalue weighted by molar-refractivity contribution is 0.0612. The zero-order chi connectivity index (χ0) is 23.5. The Bertz CT molecular complexity index is 1350. The van der Waals surface area contributed by atoms with Crippen molar-refractivity contribution in [1.29, 1.82) is 0 Å². The Morgan fingerprint density at radius 3 is 2.73 bits per heavy atom. The largest absolute Gasteiger partial charge is 0.455 e. The normalized spacial score (nSPS) is 16.6. The van der Waals surface area contributed by atoms with E-state index in [0.717, 1.165) is 18.7 Å². The molecule has 1 aliphatic rings. The third kappa shape index (κ3) is 3.38. The molecule has 33 heavy (non-hydrogen) atoms. The number of nitrogens with one attached hydrogen (secondary N) is 1. The second kappa shape index (κ2) is 7.46. The first kappa shape index (κ1) is 21.2. The molecular weight excluding hydrogens is 444 g/mol. The van der Waals surface area contributed by atoms with Crippen LogP contribution in [0.4, 0.5) is 17.6 Å². The molecule has 7 nitrogen and oxygen atoms in total. The molecule has 0 spiro atoms. The van der Waals surface area contributed by atoms with Gasteiger partial charge in [0.2, 0.25) is 11.7 Å². The fraction of sp³-hybridized carbons (Fsp3) is 0.318. The van der Waals surface area contributed by atoms with Crippen LogP contribution >= 0.6 is 0 Å². The van der Waals surface area contributed by atoms with E-state index in [-0.39, 0.29) is 23.3 Å². The van der Waals surface area contributed by atoms with Crippen molar-refractivity contribution in [2.24, 2.45) is 0 Å². The van der Waals surface area contributed by atoms with Crippen LogP contribution in [0.2, 0.25) is 0 Å². The lowest BCUT2D eigenvalue weighted by Crippen LogP contribution is -2.41. The summed E-state index contributed by atoms with van der Waals surface area (Å²) in [4.78, 5) is 25.3. The molecule has 1 aliphatic heterocycles. The van der Waals surface area contributed by atoms with E-state index in [1.807, 2.05) is 0 Å². The molecule has 0 saturated heterocycles. The van der Waals surface area contributed by atoms with Crippen LogP contribution in [0.5, 0.6) is 0 Å². The Kier molecular flexibility index (Phi) is 4.80. The quantitative estimate of drug-likeness (QED) is 0.421. The van der Waals surface area contributed by atoms with Crippen molar-refractivity contribution < 1.29 is 31.2 Å². The maximum absolute atomic E-state index is 15.3. The second-order valence-electron chi connectivity index (χ2n) is 8.20. The Hall–Kier alpha value is -3.63. The molecule has 1 N–H and O–H groups in total. The van der Waals surface area contributed by atoms with Crippen LogP contribution in [-0.4, -0.2) is 32.3 Å². The van der Waals surface area contributed by atoms with Gasteiger partial charge >= 0.3 is 0 Å². The SMILES string of the molecule is CC(C)(F)c1nc(C(F)F)c(C(=O)N2CCc3[nH]cnc3[C@H]2c2oc3ccccc3c2F)o1. The highest BCUT2D eigenvalue weighted by Gasteiger charge is 2.42. The van der Waals surface area contributed by atoms with Gasteiger partial charge in [0.05, 0.1) is 17.4 Å². The molecule has 4 aromatic rings. The van der Waals surface area contributed by atoms with Gasteiger partial charge in [0.25, 0.3) is 12.3 Å². The number of aromatic nitrogens is 3. The standard InChI is InChI=1S/C22H18F4N4O3/c1-22(2,26)21-29-15(19(24)25)18(33-21)20(31)30-8-7-11-14(28-9-27-11)16(30)17-13(23)10-5-3-4-6-12(10)32-17/h3-6,9,16,19H,7-8H2,1-2H3,(H,27,28)/t16-/m0/s1. The maximum Gasteiger partial charge on any atom is 0.292 e. The van der Waals surface area contributed by atoms with Crippen LogP contribution in [0.25, 0.3) is 11.0 Å². The van der Waals surface area contributed by atoms with Gasteiger partial charge in [-0.15, -0.1) is 0 Å². The average Bonchev–Trinajstić information content (AvgIpc) is 3.49. The number of aromatic amines is 1. The third-order valence-electron chi connectivity index (χ3n) is 5.56. The minimum atomic E-state index is -3.18. The lowest BCUT2D eigenvalue weighted by atomic mass is 9.99. The van der Waals surface area contributed by atoms with Gasteiger partial charge in [-0.1, -0.05) is 12.1 Å². The molecule has 0 saturated carbocycles. The number of hydrogen-bond acceptors (Lipinski definition) is 5. The van der Waals surface area contributed by atoms with Crippen LogP contribution in [0.15, 0.2) is 39.4 Å².